The lowest BCUT2D eigenvalue weighted by Gasteiger charge is -2.23. The van der Waals surface area contributed by atoms with Crippen LogP contribution in [0.25, 0.3) is 0 Å². The SMILES string of the molecule is CCNCc1ccc(S(=O)(=O)N2CCCC2CC)c(Br)c1. The summed E-state index contributed by atoms with van der Waals surface area (Å²) in [6.45, 7) is 6.37. The van der Waals surface area contributed by atoms with Gasteiger partial charge >= 0.3 is 0 Å². The third-order valence-corrected chi connectivity index (χ3v) is 6.88. The van der Waals surface area contributed by atoms with Crippen LogP contribution in [0.15, 0.2) is 27.6 Å². The van der Waals surface area contributed by atoms with E-state index < -0.39 is 10.0 Å². The monoisotopic (exact) mass is 374 g/mol. The van der Waals surface area contributed by atoms with Crippen molar-refractivity contribution in [2.45, 2.75) is 50.6 Å². The van der Waals surface area contributed by atoms with Gasteiger partial charge in [-0.3, -0.25) is 0 Å². The predicted octanol–water partition coefficient (Wildman–Crippen LogP) is 3.12. The summed E-state index contributed by atoms with van der Waals surface area (Å²) in [7, 11) is -3.40. The van der Waals surface area contributed by atoms with E-state index in [2.05, 4.69) is 21.2 Å². The minimum absolute atomic E-state index is 0.142. The molecule has 6 heteroatoms. The zero-order chi connectivity index (χ0) is 15.5. The fraction of sp³-hybridized carbons (Fsp3) is 0.600. The highest BCUT2D eigenvalue weighted by Gasteiger charge is 2.35. The van der Waals surface area contributed by atoms with Crippen LogP contribution in [0.2, 0.25) is 0 Å². The average molecular weight is 375 g/mol. The van der Waals surface area contributed by atoms with Gasteiger partial charge < -0.3 is 5.32 Å². The van der Waals surface area contributed by atoms with Crippen molar-refractivity contribution in [3.8, 4) is 0 Å². The number of hydrogen-bond donors (Lipinski definition) is 1. The molecule has 0 radical (unpaired) electrons. The number of rotatable bonds is 6. The van der Waals surface area contributed by atoms with Gasteiger partial charge in [0.1, 0.15) is 0 Å². The first-order valence-corrected chi connectivity index (χ1v) is 9.75. The van der Waals surface area contributed by atoms with Gasteiger partial charge in [-0.25, -0.2) is 8.42 Å². The van der Waals surface area contributed by atoms with Gasteiger partial charge in [-0.2, -0.15) is 4.31 Å². The summed E-state index contributed by atoms with van der Waals surface area (Å²) >= 11 is 3.43. The van der Waals surface area contributed by atoms with Crippen molar-refractivity contribution >= 4 is 26.0 Å². The molecule has 1 aromatic rings. The number of sulfonamides is 1. The summed E-state index contributed by atoms with van der Waals surface area (Å²) in [5.41, 5.74) is 1.08. The lowest BCUT2D eigenvalue weighted by atomic mass is 10.2. The van der Waals surface area contributed by atoms with E-state index in [1.165, 1.54) is 0 Å². The van der Waals surface area contributed by atoms with Crippen molar-refractivity contribution in [2.75, 3.05) is 13.1 Å². The van der Waals surface area contributed by atoms with Crippen molar-refractivity contribution in [1.82, 2.24) is 9.62 Å². The minimum atomic E-state index is -3.40. The topological polar surface area (TPSA) is 49.4 Å². The summed E-state index contributed by atoms with van der Waals surface area (Å²) in [5, 5.41) is 3.24. The summed E-state index contributed by atoms with van der Waals surface area (Å²) in [5.74, 6) is 0. The zero-order valence-corrected chi connectivity index (χ0v) is 15.0. The van der Waals surface area contributed by atoms with E-state index >= 15 is 0 Å². The van der Waals surface area contributed by atoms with Crippen LogP contribution < -0.4 is 5.32 Å². The van der Waals surface area contributed by atoms with E-state index in [-0.39, 0.29) is 6.04 Å². The highest BCUT2D eigenvalue weighted by Crippen LogP contribution is 2.31. The van der Waals surface area contributed by atoms with Crippen LogP contribution >= 0.6 is 15.9 Å². The van der Waals surface area contributed by atoms with E-state index in [4.69, 9.17) is 0 Å². The van der Waals surface area contributed by atoms with Crippen LogP contribution in [-0.2, 0) is 16.6 Å². The Morgan fingerprint density at radius 3 is 2.76 bits per heavy atom. The van der Waals surface area contributed by atoms with Crippen LogP contribution in [0.1, 0.15) is 38.7 Å². The number of nitrogens with zero attached hydrogens (tertiary/aromatic N) is 1. The molecule has 1 N–H and O–H groups in total. The van der Waals surface area contributed by atoms with Crippen molar-refractivity contribution in [3.63, 3.8) is 0 Å². The number of benzene rings is 1. The first kappa shape index (κ1) is 16.9. The van der Waals surface area contributed by atoms with E-state index in [1.54, 1.807) is 10.4 Å². The van der Waals surface area contributed by atoms with E-state index in [1.807, 2.05) is 26.0 Å². The average Bonchev–Trinajstić information content (AvgIpc) is 2.94. The van der Waals surface area contributed by atoms with Gasteiger partial charge in [0.2, 0.25) is 10.0 Å². The molecule has 118 valence electrons. The third kappa shape index (κ3) is 3.67. The second-order valence-electron chi connectivity index (χ2n) is 5.37. The smallest absolute Gasteiger partial charge is 0.244 e. The first-order valence-electron chi connectivity index (χ1n) is 7.51. The Morgan fingerprint density at radius 1 is 1.38 bits per heavy atom. The molecule has 2 rings (SSSR count). The maximum Gasteiger partial charge on any atom is 0.244 e. The molecule has 1 heterocycles. The van der Waals surface area contributed by atoms with E-state index in [0.717, 1.165) is 37.9 Å². The second kappa shape index (κ2) is 7.22. The summed E-state index contributed by atoms with van der Waals surface area (Å²) in [4.78, 5) is 0.378. The number of hydrogen-bond acceptors (Lipinski definition) is 3. The highest BCUT2D eigenvalue weighted by molar-refractivity contribution is 9.10. The number of halogens is 1. The van der Waals surface area contributed by atoms with Gasteiger partial charge in [-0.1, -0.05) is 19.9 Å². The Kier molecular flexibility index (Phi) is 5.82. The number of nitrogens with one attached hydrogen (secondary N) is 1. The molecule has 1 saturated heterocycles. The second-order valence-corrected chi connectivity index (χ2v) is 8.08. The van der Waals surface area contributed by atoms with Gasteiger partial charge in [-0.15, -0.1) is 0 Å². The van der Waals surface area contributed by atoms with Gasteiger partial charge in [0.05, 0.1) is 4.90 Å². The van der Waals surface area contributed by atoms with Crippen molar-refractivity contribution in [2.24, 2.45) is 0 Å². The molecular weight excluding hydrogens is 352 g/mol. The van der Waals surface area contributed by atoms with E-state index in [9.17, 15) is 8.42 Å². The molecule has 0 saturated carbocycles. The molecule has 1 unspecified atom stereocenters. The lowest BCUT2D eigenvalue weighted by molar-refractivity contribution is 0.379. The molecule has 1 aliphatic rings. The molecule has 0 bridgehead atoms. The molecule has 1 aromatic carbocycles. The fourth-order valence-electron chi connectivity index (χ4n) is 2.79. The summed E-state index contributed by atoms with van der Waals surface area (Å²) < 4.78 is 28.0. The van der Waals surface area contributed by atoms with Crippen LogP contribution in [0.4, 0.5) is 0 Å². The van der Waals surface area contributed by atoms with Gasteiger partial charge in [0.15, 0.2) is 0 Å². The van der Waals surface area contributed by atoms with Gasteiger partial charge in [0.25, 0.3) is 0 Å². The van der Waals surface area contributed by atoms with E-state index in [0.29, 0.717) is 15.9 Å². The minimum Gasteiger partial charge on any atom is -0.313 e. The molecule has 0 spiro atoms. The molecule has 4 nitrogen and oxygen atoms in total. The molecule has 1 atom stereocenters. The Bertz CT molecular complexity index is 589. The fourth-order valence-corrected chi connectivity index (χ4v) is 5.65. The third-order valence-electron chi connectivity index (χ3n) is 3.96. The Hall–Kier alpha value is -0.430. The molecular formula is C15H23BrN2O2S. The van der Waals surface area contributed by atoms with Crippen molar-refractivity contribution in [1.29, 1.82) is 0 Å². The van der Waals surface area contributed by atoms with Gasteiger partial charge in [0, 0.05) is 23.6 Å². The van der Waals surface area contributed by atoms with Crippen LogP contribution in [0, 0.1) is 0 Å². The normalized spacial score (nSPS) is 20.0. The largest absolute Gasteiger partial charge is 0.313 e. The molecule has 0 amide bonds. The predicted molar refractivity (Wildman–Crippen MR) is 88.7 cm³/mol. The van der Waals surface area contributed by atoms with Crippen LogP contribution in [-0.4, -0.2) is 31.9 Å². The summed E-state index contributed by atoms with van der Waals surface area (Å²) in [6.07, 6.45) is 2.79. The molecule has 0 aromatic heterocycles. The maximum absolute atomic E-state index is 12.8. The quantitative estimate of drug-likeness (QED) is 0.831. The standard InChI is InChI=1S/C15H23BrN2O2S/c1-3-13-6-5-9-18(13)21(19,20)15-8-7-12(10-14(15)16)11-17-4-2/h7-8,10,13,17H,3-6,9,11H2,1-2H3. The molecule has 21 heavy (non-hydrogen) atoms. The van der Waals surface area contributed by atoms with Crippen LogP contribution in [0.5, 0.6) is 0 Å². The maximum atomic E-state index is 12.8. The molecule has 1 fully saturated rings. The Labute approximate surface area is 136 Å². The van der Waals surface area contributed by atoms with Crippen molar-refractivity contribution < 1.29 is 8.42 Å². The molecule has 0 aliphatic carbocycles. The van der Waals surface area contributed by atoms with Crippen LogP contribution in [0.3, 0.4) is 0 Å². The first-order chi connectivity index (χ1) is 10.0. The lowest BCUT2D eigenvalue weighted by Crippen LogP contribution is -2.35. The zero-order valence-electron chi connectivity index (χ0n) is 12.6. The Morgan fingerprint density at radius 2 is 2.14 bits per heavy atom. The summed E-state index contributed by atoms with van der Waals surface area (Å²) in [6, 6.07) is 5.64. The van der Waals surface area contributed by atoms with Crippen molar-refractivity contribution in [3.05, 3.63) is 28.2 Å². The molecule has 1 aliphatic heterocycles. The van der Waals surface area contributed by atoms with Gasteiger partial charge in [-0.05, 0) is 59.4 Å². The highest BCUT2D eigenvalue weighted by atomic mass is 79.9. The Balaban J connectivity index is 2.28.